The van der Waals surface area contributed by atoms with Crippen LogP contribution in [0.3, 0.4) is 0 Å². The summed E-state index contributed by atoms with van der Waals surface area (Å²) in [6, 6.07) is 20.1. The van der Waals surface area contributed by atoms with E-state index in [0.29, 0.717) is 13.0 Å². The van der Waals surface area contributed by atoms with E-state index in [1.165, 1.54) is 5.56 Å². The zero-order valence-corrected chi connectivity index (χ0v) is 16.7. The molecule has 1 N–H and O–H groups in total. The van der Waals surface area contributed by atoms with Gasteiger partial charge < -0.3 is 5.32 Å². The van der Waals surface area contributed by atoms with Crippen LogP contribution in [0.1, 0.15) is 28.1 Å². The third-order valence-corrected chi connectivity index (χ3v) is 5.24. The zero-order valence-electron chi connectivity index (χ0n) is 16.7. The van der Waals surface area contributed by atoms with Gasteiger partial charge in [0.15, 0.2) is 0 Å². The molecular weight excluding hydrogens is 360 g/mol. The molecule has 1 amide bonds. The third kappa shape index (κ3) is 4.19. The van der Waals surface area contributed by atoms with Crippen LogP contribution in [0.2, 0.25) is 0 Å². The Kier molecular flexibility index (Phi) is 5.38. The number of nitrogens with one attached hydrogen (secondary N) is 1. The summed E-state index contributed by atoms with van der Waals surface area (Å²) in [5.74, 6) is -0.0160. The maximum absolute atomic E-state index is 12.6. The van der Waals surface area contributed by atoms with Gasteiger partial charge in [-0.05, 0) is 31.0 Å². The van der Waals surface area contributed by atoms with Gasteiger partial charge in [-0.1, -0.05) is 54.6 Å². The fourth-order valence-corrected chi connectivity index (χ4v) is 3.63. The van der Waals surface area contributed by atoms with Crippen LogP contribution in [0, 0.1) is 13.8 Å². The minimum Gasteiger partial charge on any atom is -0.352 e. The number of aryl methyl sites for hydroxylation is 1. The number of pyridine rings is 1. The first-order chi connectivity index (χ1) is 14.1. The van der Waals surface area contributed by atoms with E-state index >= 15 is 0 Å². The van der Waals surface area contributed by atoms with Crippen LogP contribution in [0.4, 0.5) is 0 Å². The Bertz CT molecular complexity index is 1140. The van der Waals surface area contributed by atoms with Crippen molar-refractivity contribution in [1.29, 1.82) is 0 Å². The molecule has 0 aliphatic carbocycles. The maximum atomic E-state index is 12.6. The van der Waals surface area contributed by atoms with Gasteiger partial charge in [-0.15, -0.1) is 0 Å². The van der Waals surface area contributed by atoms with Crippen molar-refractivity contribution in [2.24, 2.45) is 0 Å². The zero-order chi connectivity index (χ0) is 20.2. The van der Waals surface area contributed by atoms with Crippen molar-refractivity contribution in [2.45, 2.75) is 33.4 Å². The quantitative estimate of drug-likeness (QED) is 0.547. The second-order valence-corrected chi connectivity index (χ2v) is 7.24. The van der Waals surface area contributed by atoms with Gasteiger partial charge in [0.1, 0.15) is 0 Å². The molecule has 2 heterocycles. The molecule has 146 valence electrons. The molecule has 0 saturated heterocycles. The van der Waals surface area contributed by atoms with E-state index in [-0.39, 0.29) is 5.91 Å². The lowest BCUT2D eigenvalue weighted by Gasteiger charge is -2.09. The van der Waals surface area contributed by atoms with Crippen molar-refractivity contribution in [2.75, 3.05) is 0 Å². The average Bonchev–Trinajstić information content (AvgIpc) is 3.00. The van der Waals surface area contributed by atoms with Crippen molar-refractivity contribution in [1.82, 2.24) is 20.1 Å². The van der Waals surface area contributed by atoms with Gasteiger partial charge in [0.25, 0.3) is 0 Å². The molecular formula is C24H24N4O. The number of carbonyl (C=O) groups is 1. The largest absolute Gasteiger partial charge is 0.352 e. The molecule has 2 aromatic carbocycles. The summed E-state index contributed by atoms with van der Waals surface area (Å²) < 4.78 is 2.00. The maximum Gasteiger partial charge on any atom is 0.224 e. The predicted octanol–water partition coefficient (Wildman–Crippen LogP) is 3.96. The smallest absolute Gasteiger partial charge is 0.224 e. The number of hydrogen-bond acceptors (Lipinski definition) is 3. The SMILES string of the molecule is Cc1nn(Cc2ccccc2)c(C)c1CNC(=O)Cc1cccc2cccnc12. The highest BCUT2D eigenvalue weighted by Crippen LogP contribution is 2.17. The highest BCUT2D eigenvalue weighted by atomic mass is 16.1. The Balaban J connectivity index is 1.44. The Hall–Kier alpha value is -3.47. The van der Waals surface area contributed by atoms with E-state index in [1.807, 2.05) is 60.1 Å². The molecule has 0 aliphatic rings. The number of benzene rings is 2. The van der Waals surface area contributed by atoms with Crippen LogP contribution < -0.4 is 5.32 Å². The molecule has 0 bridgehead atoms. The Morgan fingerprint density at radius 1 is 1.00 bits per heavy atom. The van der Waals surface area contributed by atoms with Gasteiger partial charge >= 0.3 is 0 Å². The molecule has 4 aromatic rings. The molecule has 0 radical (unpaired) electrons. The third-order valence-electron chi connectivity index (χ3n) is 5.24. The molecule has 0 unspecified atom stereocenters. The van der Waals surface area contributed by atoms with Crippen molar-refractivity contribution in [3.63, 3.8) is 0 Å². The summed E-state index contributed by atoms with van der Waals surface area (Å²) in [6.45, 7) is 5.25. The van der Waals surface area contributed by atoms with Gasteiger partial charge in [0, 0.05) is 29.4 Å². The highest BCUT2D eigenvalue weighted by Gasteiger charge is 2.14. The number of nitrogens with zero attached hydrogens (tertiary/aromatic N) is 3. The molecule has 0 atom stereocenters. The van der Waals surface area contributed by atoms with E-state index in [9.17, 15) is 4.79 Å². The standard InChI is InChI=1S/C24H24N4O/c1-17-22(18(2)28(27-17)16-19-8-4-3-5-9-19)15-26-23(29)14-21-11-6-10-20-12-7-13-25-24(20)21/h3-13H,14-16H2,1-2H3,(H,26,29). The average molecular weight is 384 g/mol. The van der Waals surface area contributed by atoms with Crippen LogP contribution in [0.5, 0.6) is 0 Å². The van der Waals surface area contributed by atoms with Crippen molar-refractivity contribution < 1.29 is 4.79 Å². The number of carbonyl (C=O) groups excluding carboxylic acids is 1. The monoisotopic (exact) mass is 384 g/mol. The van der Waals surface area contributed by atoms with E-state index < -0.39 is 0 Å². The molecule has 5 nitrogen and oxygen atoms in total. The Morgan fingerprint density at radius 2 is 1.79 bits per heavy atom. The highest BCUT2D eigenvalue weighted by molar-refractivity contribution is 5.87. The number of aromatic nitrogens is 3. The minimum atomic E-state index is -0.0160. The Morgan fingerprint density at radius 3 is 2.62 bits per heavy atom. The fourth-order valence-electron chi connectivity index (χ4n) is 3.63. The van der Waals surface area contributed by atoms with Crippen molar-refractivity contribution >= 4 is 16.8 Å². The van der Waals surface area contributed by atoms with Gasteiger partial charge in [-0.25, -0.2) is 0 Å². The fraction of sp³-hybridized carbons (Fsp3) is 0.208. The summed E-state index contributed by atoms with van der Waals surface area (Å²) in [5, 5.41) is 8.76. The molecule has 29 heavy (non-hydrogen) atoms. The van der Waals surface area contributed by atoms with Gasteiger partial charge in [-0.2, -0.15) is 5.10 Å². The number of fused-ring (bicyclic) bond motifs is 1. The lowest BCUT2D eigenvalue weighted by molar-refractivity contribution is -0.120. The number of hydrogen-bond donors (Lipinski definition) is 1. The normalized spacial score (nSPS) is 11.0. The molecule has 0 spiro atoms. The number of rotatable bonds is 6. The second-order valence-electron chi connectivity index (χ2n) is 7.24. The number of amides is 1. The molecule has 0 fully saturated rings. The Labute approximate surface area is 170 Å². The van der Waals surface area contributed by atoms with Crippen LogP contribution in [0.15, 0.2) is 66.9 Å². The van der Waals surface area contributed by atoms with E-state index in [4.69, 9.17) is 0 Å². The van der Waals surface area contributed by atoms with Crippen LogP contribution in [0.25, 0.3) is 10.9 Å². The topological polar surface area (TPSA) is 59.8 Å². The summed E-state index contributed by atoms with van der Waals surface area (Å²) in [4.78, 5) is 17.0. The summed E-state index contributed by atoms with van der Waals surface area (Å²) in [5.41, 5.74) is 6.13. The van der Waals surface area contributed by atoms with Crippen molar-refractivity contribution in [3.05, 3.63) is 94.9 Å². The summed E-state index contributed by atoms with van der Waals surface area (Å²) in [6.07, 6.45) is 2.07. The van der Waals surface area contributed by atoms with E-state index in [1.54, 1.807) is 6.20 Å². The molecule has 2 aromatic heterocycles. The van der Waals surface area contributed by atoms with Crippen LogP contribution in [-0.2, 0) is 24.3 Å². The second kappa shape index (κ2) is 8.27. The molecule has 4 rings (SSSR count). The predicted molar refractivity (Wildman–Crippen MR) is 115 cm³/mol. The van der Waals surface area contributed by atoms with Crippen LogP contribution in [-0.4, -0.2) is 20.7 Å². The first-order valence-corrected chi connectivity index (χ1v) is 9.78. The number of para-hydroxylation sites is 1. The van der Waals surface area contributed by atoms with Crippen LogP contribution >= 0.6 is 0 Å². The first kappa shape index (κ1) is 18.9. The van der Waals surface area contributed by atoms with E-state index in [0.717, 1.165) is 40.0 Å². The lowest BCUT2D eigenvalue weighted by Crippen LogP contribution is -2.25. The summed E-state index contributed by atoms with van der Waals surface area (Å²) >= 11 is 0. The molecule has 0 saturated carbocycles. The molecule has 0 aliphatic heterocycles. The minimum absolute atomic E-state index is 0.0160. The summed E-state index contributed by atoms with van der Waals surface area (Å²) in [7, 11) is 0. The van der Waals surface area contributed by atoms with E-state index in [2.05, 4.69) is 34.5 Å². The van der Waals surface area contributed by atoms with Gasteiger partial charge in [0.05, 0.1) is 24.2 Å². The lowest BCUT2D eigenvalue weighted by atomic mass is 10.1. The van der Waals surface area contributed by atoms with Crippen molar-refractivity contribution in [3.8, 4) is 0 Å². The van der Waals surface area contributed by atoms with Gasteiger partial charge in [0.2, 0.25) is 5.91 Å². The first-order valence-electron chi connectivity index (χ1n) is 9.78. The molecule has 5 heteroatoms. The van der Waals surface area contributed by atoms with Gasteiger partial charge in [-0.3, -0.25) is 14.5 Å².